The minimum atomic E-state index is -0.911. The Bertz CT molecular complexity index is 595. The summed E-state index contributed by atoms with van der Waals surface area (Å²) in [6.07, 6.45) is 0.00422. The molecule has 5 heteroatoms. The van der Waals surface area contributed by atoms with Gasteiger partial charge in [-0.1, -0.05) is 19.9 Å². The molecule has 0 spiro atoms. The molecule has 1 aromatic carbocycles. The Labute approximate surface area is 130 Å². The van der Waals surface area contributed by atoms with Gasteiger partial charge in [0.05, 0.1) is 12.1 Å². The van der Waals surface area contributed by atoms with Gasteiger partial charge < -0.3 is 14.7 Å². The lowest BCUT2D eigenvalue weighted by atomic mass is 10.0. The molecule has 0 fully saturated rings. The van der Waals surface area contributed by atoms with Gasteiger partial charge in [-0.15, -0.1) is 0 Å². The van der Waals surface area contributed by atoms with Crippen molar-refractivity contribution in [3.05, 3.63) is 23.3 Å². The number of carbonyl (C=O) groups excluding carboxylic acids is 1. The Hall–Kier alpha value is -2.04. The Morgan fingerprint density at radius 2 is 2.05 bits per heavy atom. The molecule has 1 N–H and O–H groups in total. The number of carboxylic acid groups (broad SMARTS) is 1. The van der Waals surface area contributed by atoms with Gasteiger partial charge in [-0.05, 0) is 43.4 Å². The number of hydrogen-bond donors (Lipinski definition) is 1. The number of carboxylic acids is 1. The maximum absolute atomic E-state index is 12.7. The van der Waals surface area contributed by atoms with Gasteiger partial charge >= 0.3 is 5.97 Å². The third-order valence-corrected chi connectivity index (χ3v) is 3.73. The van der Waals surface area contributed by atoms with Crippen LogP contribution in [0.5, 0.6) is 5.75 Å². The molecule has 2 rings (SSSR count). The number of fused-ring (bicyclic) bond motifs is 1. The van der Waals surface area contributed by atoms with Gasteiger partial charge in [-0.2, -0.15) is 0 Å². The summed E-state index contributed by atoms with van der Waals surface area (Å²) in [5.41, 5.74) is 2.68. The van der Waals surface area contributed by atoms with E-state index in [0.29, 0.717) is 23.8 Å². The molecule has 1 aliphatic rings. The van der Waals surface area contributed by atoms with E-state index in [2.05, 4.69) is 0 Å². The normalized spacial score (nSPS) is 17.4. The summed E-state index contributed by atoms with van der Waals surface area (Å²) in [6, 6.07) is 3.89. The van der Waals surface area contributed by atoms with Crippen molar-refractivity contribution in [1.29, 1.82) is 0 Å². The molecule has 0 unspecified atom stereocenters. The second-order valence-corrected chi connectivity index (χ2v) is 6.30. The molecule has 0 saturated carbocycles. The second kappa shape index (κ2) is 6.38. The highest BCUT2D eigenvalue weighted by Gasteiger charge is 2.35. The fourth-order valence-electron chi connectivity index (χ4n) is 2.79. The highest BCUT2D eigenvalue weighted by Crippen LogP contribution is 2.39. The topological polar surface area (TPSA) is 66.8 Å². The van der Waals surface area contributed by atoms with Crippen molar-refractivity contribution in [2.24, 2.45) is 5.92 Å². The molecule has 1 aliphatic heterocycles. The monoisotopic (exact) mass is 305 g/mol. The molecule has 0 saturated heterocycles. The first-order valence-electron chi connectivity index (χ1n) is 7.60. The molecule has 1 heterocycles. The largest absolute Gasteiger partial charge is 0.481 e. The number of aliphatic carboxylic acids is 1. The number of hydrogen-bond acceptors (Lipinski definition) is 3. The van der Waals surface area contributed by atoms with E-state index in [4.69, 9.17) is 9.84 Å². The predicted octanol–water partition coefficient (Wildman–Crippen LogP) is 2.92. The van der Waals surface area contributed by atoms with Gasteiger partial charge in [0.2, 0.25) is 0 Å². The second-order valence-electron chi connectivity index (χ2n) is 6.30. The summed E-state index contributed by atoms with van der Waals surface area (Å²) in [5, 5.41) is 8.93. The van der Waals surface area contributed by atoms with Gasteiger partial charge in [0.25, 0.3) is 5.91 Å². The van der Waals surface area contributed by atoms with Gasteiger partial charge in [-0.3, -0.25) is 9.59 Å². The first-order chi connectivity index (χ1) is 10.3. The standard InChI is InChI=1S/C17H23NO4/c1-10(2)7-14-17(21)18(6-5-15(19)20)13-9-11(3)8-12(4)16(13)22-14/h8-10,14H,5-7H2,1-4H3,(H,19,20)/t14-/m1/s1. The summed E-state index contributed by atoms with van der Waals surface area (Å²) in [6.45, 7) is 8.14. The van der Waals surface area contributed by atoms with Crippen LogP contribution in [0.2, 0.25) is 0 Å². The minimum absolute atomic E-state index is 0.0768. The van der Waals surface area contributed by atoms with E-state index in [1.165, 1.54) is 0 Å². The van der Waals surface area contributed by atoms with Crippen molar-refractivity contribution in [3.63, 3.8) is 0 Å². The number of amides is 1. The van der Waals surface area contributed by atoms with E-state index < -0.39 is 12.1 Å². The summed E-state index contributed by atoms with van der Waals surface area (Å²) in [4.78, 5) is 25.1. The van der Waals surface area contributed by atoms with Crippen LogP contribution in [0.15, 0.2) is 12.1 Å². The van der Waals surface area contributed by atoms with Gasteiger partial charge in [0.15, 0.2) is 6.10 Å². The first-order valence-corrected chi connectivity index (χ1v) is 7.60. The van der Waals surface area contributed by atoms with Crippen LogP contribution >= 0.6 is 0 Å². The van der Waals surface area contributed by atoms with E-state index in [1.54, 1.807) is 4.90 Å². The van der Waals surface area contributed by atoms with Crippen molar-refractivity contribution in [2.75, 3.05) is 11.4 Å². The average Bonchev–Trinajstić information content (AvgIpc) is 2.39. The number of nitrogens with zero attached hydrogens (tertiary/aromatic N) is 1. The highest BCUT2D eigenvalue weighted by molar-refractivity contribution is 6.00. The van der Waals surface area contributed by atoms with Crippen LogP contribution in [0.3, 0.4) is 0 Å². The quantitative estimate of drug-likeness (QED) is 0.908. The number of carbonyl (C=O) groups is 2. The van der Waals surface area contributed by atoms with E-state index in [-0.39, 0.29) is 18.9 Å². The van der Waals surface area contributed by atoms with Crippen molar-refractivity contribution >= 4 is 17.6 Å². The SMILES string of the molecule is Cc1cc(C)c2c(c1)N(CCC(=O)O)C(=O)[C@@H](CC(C)C)O2. The zero-order valence-corrected chi connectivity index (χ0v) is 13.5. The van der Waals surface area contributed by atoms with Crippen LogP contribution in [-0.2, 0) is 9.59 Å². The van der Waals surface area contributed by atoms with Crippen molar-refractivity contribution in [3.8, 4) is 5.75 Å². The molecule has 5 nitrogen and oxygen atoms in total. The minimum Gasteiger partial charge on any atom is -0.481 e. The average molecular weight is 305 g/mol. The van der Waals surface area contributed by atoms with Crippen LogP contribution in [0.1, 0.15) is 37.8 Å². The lowest BCUT2D eigenvalue weighted by Gasteiger charge is -2.36. The maximum Gasteiger partial charge on any atom is 0.305 e. The molecule has 0 aliphatic carbocycles. The van der Waals surface area contributed by atoms with Crippen LogP contribution in [0.25, 0.3) is 0 Å². The summed E-state index contributed by atoms with van der Waals surface area (Å²) >= 11 is 0. The summed E-state index contributed by atoms with van der Waals surface area (Å²) in [7, 11) is 0. The maximum atomic E-state index is 12.7. The van der Waals surface area contributed by atoms with Gasteiger partial charge in [0, 0.05) is 6.54 Å². The smallest absolute Gasteiger partial charge is 0.305 e. The number of ether oxygens (including phenoxy) is 1. The fourth-order valence-corrected chi connectivity index (χ4v) is 2.79. The van der Waals surface area contributed by atoms with E-state index >= 15 is 0 Å². The number of anilines is 1. The van der Waals surface area contributed by atoms with E-state index in [1.807, 2.05) is 39.8 Å². The zero-order valence-electron chi connectivity index (χ0n) is 13.5. The molecule has 1 aromatic rings. The highest BCUT2D eigenvalue weighted by atomic mass is 16.5. The van der Waals surface area contributed by atoms with Crippen LogP contribution in [-0.4, -0.2) is 29.6 Å². The third-order valence-electron chi connectivity index (χ3n) is 3.73. The summed E-state index contributed by atoms with van der Waals surface area (Å²) in [5.74, 6) is -0.0399. The van der Waals surface area contributed by atoms with Crippen LogP contribution in [0.4, 0.5) is 5.69 Å². The Morgan fingerprint density at radius 1 is 1.36 bits per heavy atom. The fraction of sp³-hybridized carbons (Fsp3) is 0.529. The molecule has 0 radical (unpaired) electrons. The lowest BCUT2D eigenvalue weighted by Crippen LogP contribution is -2.47. The Morgan fingerprint density at radius 3 is 2.64 bits per heavy atom. The number of aryl methyl sites for hydroxylation is 2. The molecule has 120 valence electrons. The molecule has 0 bridgehead atoms. The van der Waals surface area contributed by atoms with Crippen LogP contribution < -0.4 is 9.64 Å². The Balaban J connectivity index is 2.41. The molecular formula is C17H23NO4. The molecule has 1 amide bonds. The van der Waals surface area contributed by atoms with Crippen molar-refractivity contribution in [1.82, 2.24) is 0 Å². The van der Waals surface area contributed by atoms with Gasteiger partial charge in [-0.25, -0.2) is 0 Å². The van der Waals surface area contributed by atoms with Crippen LogP contribution in [0, 0.1) is 19.8 Å². The molecule has 1 atom stereocenters. The van der Waals surface area contributed by atoms with E-state index in [0.717, 1.165) is 11.1 Å². The number of rotatable bonds is 5. The zero-order chi connectivity index (χ0) is 16.4. The number of benzene rings is 1. The van der Waals surface area contributed by atoms with Crippen molar-refractivity contribution < 1.29 is 19.4 Å². The predicted molar refractivity (Wildman–Crippen MR) is 84.4 cm³/mol. The van der Waals surface area contributed by atoms with Crippen molar-refractivity contribution in [2.45, 2.75) is 46.6 Å². The molecular weight excluding hydrogens is 282 g/mol. The summed E-state index contributed by atoms with van der Waals surface area (Å²) < 4.78 is 5.94. The molecule has 22 heavy (non-hydrogen) atoms. The lowest BCUT2D eigenvalue weighted by molar-refractivity contribution is -0.136. The first kappa shape index (κ1) is 16.3. The van der Waals surface area contributed by atoms with Gasteiger partial charge in [0.1, 0.15) is 5.75 Å². The van der Waals surface area contributed by atoms with E-state index in [9.17, 15) is 9.59 Å². The molecule has 0 aromatic heterocycles. The Kier molecular flexibility index (Phi) is 4.74. The third kappa shape index (κ3) is 3.40.